The first-order valence-electron chi connectivity index (χ1n) is 9.58. The molecular formula is C22H29NO6. The monoisotopic (exact) mass is 403 g/mol. The molecule has 1 aliphatic heterocycles. The molecule has 1 aromatic carbocycles. The number of benzene rings is 1. The van der Waals surface area contributed by atoms with Crippen molar-refractivity contribution >= 4 is 18.0 Å². The van der Waals surface area contributed by atoms with E-state index >= 15 is 0 Å². The molecule has 29 heavy (non-hydrogen) atoms. The van der Waals surface area contributed by atoms with Gasteiger partial charge in [0, 0.05) is 6.04 Å². The molecule has 1 aliphatic rings. The Bertz CT molecular complexity index is 739. The Morgan fingerprint density at radius 2 is 1.83 bits per heavy atom. The number of hydrogen-bond acceptors (Lipinski definition) is 6. The number of hydrogen-bond donors (Lipinski definition) is 0. The summed E-state index contributed by atoms with van der Waals surface area (Å²) in [7, 11) is 1.26. The third-order valence-electron chi connectivity index (χ3n) is 4.61. The van der Waals surface area contributed by atoms with Gasteiger partial charge in [0.2, 0.25) is 0 Å². The molecule has 7 heteroatoms. The Morgan fingerprint density at radius 3 is 2.38 bits per heavy atom. The third-order valence-corrected chi connectivity index (χ3v) is 4.61. The second-order valence-electron chi connectivity index (χ2n) is 7.97. The first kappa shape index (κ1) is 22.5. The number of carbonyl (C=O) groups excluding carboxylic acids is 3. The normalized spacial score (nSPS) is 21.4. The fourth-order valence-electron chi connectivity index (χ4n) is 3.40. The molecule has 0 bridgehead atoms. The lowest BCUT2D eigenvalue weighted by Crippen LogP contribution is -2.50. The number of amides is 1. The third kappa shape index (κ3) is 5.82. The van der Waals surface area contributed by atoms with E-state index in [1.54, 1.807) is 26.8 Å². The van der Waals surface area contributed by atoms with E-state index in [9.17, 15) is 14.4 Å². The van der Waals surface area contributed by atoms with Gasteiger partial charge in [0.1, 0.15) is 18.2 Å². The molecule has 7 nitrogen and oxygen atoms in total. The lowest BCUT2D eigenvalue weighted by molar-refractivity contribution is -0.158. The van der Waals surface area contributed by atoms with E-state index in [2.05, 4.69) is 6.58 Å². The zero-order valence-corrected chi connectivity index (χ0v) is 17.4. The van der Waals surface area contributed by atoms with Crippen LogP contribution in [-0.2, 0) is 30.4 Å². The van der Waals surface area contributed by atoms with Gasteiger partial charge in [-0.15, -0.1) is 6.58 Å². The second kappa shape index (κ2) is 9.58. The zero-order chi connectivity index (χ0) is 21.6. The van der Waals surface area contributed by atoms with Crippen molar-refractivity contribution in [2.75, 3.05) is 7.11 Å². The standard InChI is InChI=1S/C22H29NO6/c1-6-10-16-13-17(19(24)27-5)18(23(16)21(26)29-22(2,3)4)20(25)28-14-15-11-8-7-9-12-15/h6-9,11-12,16-18H,1,10,13-14H2,2-5H3/t16-,17-,18+/m1/s1. The zero-order valence-electron chi connectivity index (χ0n) is 17.4. The maximum Gasteiger partial charge on any atom is 0.411 e. The van der Waals surface area contributed by atoms with E-state index in [1.165, 1.54) is 12.0 Å². The number of carbonyl (C=O) groups is 3. The lowest BCUT2D eigenvalue weighted by atomic mass is 9.98. The van der Waals surface area contributed by atoms with Crippen molar-refractivity contribution in [2.24, 2.45) is 5.92 Å². The molecule has 0 saturated carbocycles. The van der Waals surface area contributed by atoms with Gasteiger partial charge < -0.3 is 14.2 Å². The highest BCUT2D eigenvalue weighted by molar-refractivity contribution is 5.89. The molecule has 1 fully saturated rings. The van der Waals surface area contributed by atoms with Gasteiger partial charge in [-0.2, -0.15) is 0 Å². The van der Waals surface area contributed by atoms with Gasteiger partial charge in [-0.05, 0) is 39.2 Å². The number of esters is 2. The van der Waals surface area contributed by atoms with Gasteiger partial charge in [-0.3, -0.25) is 9.69 Å². The summed E-state index contributed by atoms with van der Waals surface area (Å²) in [6.45, 7) is 8.98. The fourth-order valence-corrected chi connectivity index (χ4v) is 3.40. The van der Waals surface area contributed by atoms with Crippen molar-refractivity contribution in [1.29, 1.82) is 0 Å². The largest absolute Gasteiger partial charge is 0.469 e. The summed E-state index contributed by atoms with van der Waals surface area (Å²) in [4.78, 5) is 39.6. The fraction of sp³-hybridized carbons (Fsp3) is 0.500. The highest BCUT2D eigenvalue weighted by Crippen LogP contribution is 2.35. The highest BCUT2D eigenvalue weighted by Gasteiger charge is 2.52. The van der Waals surface area contributed by atoms with Gasteiger partial charge in [0.05, 0.1) is 13.0 Å². The average molecular weight is 403 g/mol. The van der Waals surface area contributed by atoms with E-state index < -0.39 is 41.6 Å². The molecule has 1 heterocycles. The summed E-state index contributed by atoms with van der Waals surface area (Å²) >= 11 is 0. The van der Waals surface area contributed by atoms with Gasteiger partial charge in [-0.1, -0.05) is 36.4 Å². The number of methoxy groups -OCH3 is 1. The predicted octanol–water partition coefficient (Wildman–Crippen LogP) is 3.47. The van der Waals surface area contributed by atoms with Crippen LogP contribution in [0.25, 0.3) is 0 Å². The molecule has 0 N–H and O–H groups in total. The molecule has 3 atom stereocenters. The molecule has 0 unspecified atom stereocenters. The van der Waals surface area contributed by atoms with Crippen LogP contribution in [0.2, 0.25) is 0 Å². The van der Waals surface area contributed by atoms with Crippen LogP contribution in [0, 0.1) is 5.92 Å². The maximum absolute atomic E-state index is 13.0. The molecule has 158 valence electrons. The minimum Gasteiger partial charge on any atom is -0.469 e. The van der Waals surface area contributed by atoms with Crippen LogP contribution in [-0.4, -0.2) is 47.7 Å². The van der Waals surface area contributed by atoms with Crippen molar-refractivity contribution in [1.82, 2.24) is 4.90 Å². The minimum absolute atomic E-state index is 0.0400. The molecule has 0 aromatic heterocycles. The Morgan fingerprint density at radius 1 is 1.17 bits per heavy atom. The summed E-state index contributed by atoms with van der Waals surface area (Å²) < 4.78 is 15.8. The molecule has 2 rings (SSSR count). The van der Waals surface area contributed by atoms with Gasteiger partial charge in [0.15, 0.2) is 0 Å². The van der Waals surface area contributed by atoms with Crippen LogP contribution in [0.1, 0.15) is 39.2 Å². The first-order valence-corrected chi connectivity index (χ1v) is 9.58. The van der Waals surface area contributed by atoms with Crippen LogP contribution < -0.4 is 0 Å². The Hall–Kier alpha value is -2.83. The smallest absolute Gasteiger partial charge is 0.411 e. The molecule has 1 amide bonds. The van der Waals surface area contributed by atoms with E-state index in [0.29, 0.717) is 6.42 Å². The number of nitrogens with zero attached hydrogens (tertiary/aromatic N) is 1. The molecule has 1 saturated heterocycles. The van der Waals surface area contributed by atoms with Crippen molar-refractivity contribution in [3.8, 4) is 0 Å². The Balaban J connectivity index is 2.30. The summed E-state index contributed by atoms with van der Waals surface area (Å²) in [6, 6.07) is 7.65. The van der Waals surface area contributed by atoms with Crippen molar-refractivity contribution in [3.63, 3.8) is 0 Å². The molecule has 0 radical (unpaired) electrons. The van der Waals surface area contributed by atoms with Crippen LogP contribution in [0.5, 0.6) is 0 Å². The number of rotatable bonds is 6. The van der Waals surface area contributed by atoms with E-state index in [4.69, 9.17) is 14.2 Å². The molecule has 1 aromatic rings. The number of ether oxygens (including phenoxy) is 3. The van der Waals surface area contributed by atoms with Crippen LogP contribution in [0.3, 0.4) is 0 Å². The van der Waals surface area contributed by atoms with Crippen molar-refractivity contribution < 1.29 is 28.6 Å². The summed E-state index contributed by atoms with van der Waals surface area (Å²) in [6.07, 6.45) is 1.66. The Labute approximate surface area is 171 Å². The van der Waals surface area contributed by atoms with Gasteiger partial charge in [-0.25, -0.2) is 9.59 Å². The lowest BCUT2D eigenvalue weighted by Gasteiger charge is -2.31. The van der Waals surface area contributed by atoms with E-state index in [1.807, 2.05) is 30.3 Å². The van der Waals surface area contributed by atoms with Crippen LogP contribution in [0.4, 0.5) is 4.79 Å². The summed E-state index contributed by atoms with van der Waals surface area (Å²) in [5.41, 5.74) is 0.0532. The Kier molecular flexibility index (Phi) is 7.42. The maximum atomic E-state index is 13.0. The summed E-state index contributed by atoms with van der Waals surface area (Å²) in [5, 5.41) is 0. The van der Waals surface area contributed by atoms with Crippen molar-refractivity contribution in [2.45, 2.75) is 57.9 Å². The predicted molar refractivity (Wildman–Crippen MR) is 107 cm³/mol. The highest BCUT2D eigenvalue weighted by atomic mass is 16.6. The quantitative estimate of drug-likeness (QED) is 0.411. The SMILES string of the molecule is C=CC[C@@H]1C[C@@H](C(=O)OC)[C@@H](C(=O)OCc2ccccc2)N1C(=O)OC(C)(C)C. The van der Waals surface area contributed by atoms with Gasteiger partial charge in [0.25, 0.3) is 0 Å². The van der Waals surface area contributed by atoms with E-state index in [0.717, 1.165) is 5.56 Å². The van der Waals surface area contributed by atoms with Crippen molar-refractivity contribution in [3.05, 3.63) is 48.6 Å². The average Bonchev–Trinajstić information content (AvgIpc) is 3.05. The number of likely N-dealkylation sites (tertiary alicyclic amines) is 1. The first-order chi connectivity index (χ1) is 13.7. The minimum atomic E-state index is -1.12. The van der Waals surface area contributed by atoms with Gasteiger partial charge >= 0.3 is 18.0 Å². The molecule has 0 spiro atoms. The second-order valence-corrected chi connectivity index (χ2v) is 7.97. The van der Waals surface area contributed by atoms with Crippen LogP contribution >= 0.6 is 0 Å². The van der Waals surface area contributed by atoms with E-state index in [-0.39, 0.29) is 13.0 Å². The molecule has 0 aliphatic carbocycles. The topological polar surface area (TPSA) is 82.1 Å². The summed E-state index contributed by atoms with van der Waals surface area (Å²) in [5.74, 6) is -2.06. The van der Waals surface area contributed by atoms with Crippen LogP contribution in [0.15, 0.2) is 43.0 Å². The molecular weight excluding hydrogens is 374 g/mol.